The zero-order valence-corrected chi connectivity index (χ0v) is 14.8. The monoisotopic (exact) mass is 364 g/mol. The number of H-pyrrole nitrogens is 1. The van der Waals surface area contributed by atoms with E-state index >= 15 is 0 Å². The molecule has 0 aliphatic carbocycles. The summed E-state index contributed by atoms with van der Waals surface area (Å²) in [5.41, 5.74) is 12.7. The number of nitrogens with zero attached hydrogens (tertiary/aromatic N) is 2. The number of hydrogen-bond acceptors (Lipinski definition) is 6. The summed E-state index contributed by atoms with van der Waals surface area (Å²) in [6, 6.07) is 5.56. The van der Waals surface area contributed by atoms with Crippen LogP contribution in [0, 0.1) is 0 Å². The van der Waals surface area contributed by atoms with Crippen LogP contribution in [-0.4, -0.2) is 41.4 Å². The number of halogens is 1. The summed E-state index contributed by atoms with van der Waals surface area (Å²) in [5, 5.41) is 10.1. The Morgan fingerprint density at radius 2 is 2.08 bits per heavy atom. The number of hydrogen-bond donors (Lipinski definition) is 4. The van der Waals surface area contributed by atoms with E-state index in [4.69, 9.17) is 27.8 Å². The second kappa shape index (κ2) is 6.81. The van der Waals surface area contributed by atoms with Gasteiger partial charge in [0.05, 0.1) is 22.9 Å². The maximum atomic E-state index is 11.5. The Kier molecular flexibility index (Phi) is 4.73. The number of nitrogens with two attached hydrogens (primary N) is 2. The molecule has 8 nitrogen and oxygen atoms in total. The topological polar surface area (TPSA) is 122 Å². The summed E-state index contributed by atoms with van der Waals surface area (Å²) < 4.78 is 5.75. The fourth-order valence-corrected chi connectivity index (χ4v) is 3.35. The van der Waals surface area contributed by atoms with Crippen molar-refractivity contribution in [2.75, 3.05) is 29.0 Å². The van der Waals surface area contributed by atoms with Crippen LogP contribution in [0.3, 0.4) is 0 Å². The molecule has 25 heavy (non-hydrogen) atoms. The number of nitrogen functional groups attached to an aromatic ring is 1. The predicted octanol–water partition coefficient (Wildman–Crippen LogP) is 2.10. The SMILES string of the molecule is CC1CN(c2ccc(Nc3n[nH]c(N)c3C(N)=O)cc2Cl)CC(C)O1. The van der Waals surface area contributed by atoms with E-state index in [9.17, 15) is 4.79 Å². The number of aromatic nitrogens is 2. The van der Waals surface area contributed by atoms with Crippen molar-refractivity contribution < 1.29 is 9.53 Å². The molecule has 0 saturated carbocycles. The highest BCUT2D eigenvalue weighted by Gasteiger charge is 2.24. The van der Waals surface area contributed by atoms with E-state index in [1.54, 1.807) is 6.07 Å². The first-order valence-corrected chi connectivity index (χ1v) is 8.33. The third kappa shape index (κ3) is 3.64. The molecule has 2 atom stereocenters. The summed E-state index contributed by atoms with van der Waals surface area (Å²) in [5.74, 6) is -0.274. The van der Waals surface area contributed by atoms with E-state index in [-0.39, 0.29) is 29.4 Å². The van der Waals surface area contributed by atoms with Gasteiger partial charge in [-0.2, -0.15) is 5.10 Å². The Morgan fingerprint density at radius 3 is 2.68 bits per heavy atom. The van der Waals surface area contributed by atoms with Gasteiger partial charge in [0, 0.05) is 18.8 Å². The van der Waals surface area contributed by atoms with Gasteiger partial charge in [-0.3, -0.25) is 9.89 Å². The van der Waals surface area contributed by atoms with Crippen LogP contribution < -0.4 is 21.7 Å². The molecule has 2 unspecified atom stereocenters. The third-order valence-corrected chi connectivity index (χ3v) is 4.31. The van der Waals surface area contributed by atoms with Gasteiger partial charge in [0.15, 0.2) is 5.82 Å². The molecule has 1 amide bonds. The first-order valence-electron chi connectivity index (χ1n) is 7.95. The molecule has 0 bridgehead atoms. The van der Waals surface area contributed by atoms with Crippen LogP contribution in [0.5, 0.6) is 0 Å². The predicted molar refractivity (Wildman–Crippen MR) is 98.5 cm³/mol. The van der Waals surface area contributed by atoms with Crippen LogP contribution in [0.25, 0.3) is 0 Å². The Hall–Kier alpha value is -2.45. The third-order valence-electron chi connectivity index (χ3n) is 4.01. The minimum Gasteiger partial charge on any atom is -0.383 e. The molecule has 9 heteroatoms. The maximum absolute atomic E-state index is 11.5. The molecule has 0 spiro atoms. The number of aromatic amines is 1. The molecule has 1 aromatic carbocycles. The summed E-state index contributed by atoms with van der Waals surface area (Å²) in [4.78, 5) is 13.7. The van der Waals surface area contributed by atoms with Crippen LogP contribution in [0.2, 0.25) is 5.02 Å². The quantitative estimate of drug-likeness (QED) is 0.659. The number of primary amides is 1. The molecule has 6 N–H and O–H groups in total. The number of carbonyl (C=O) groups excluding carboxylic acids is 1. The second-order valence-corrected chi connectivity index (χ2v) is 6.59. The Balaban J connectivity index is 1.82. The van der Waals surface area contributed by atoms with Gasteiger partial charge in [0.2, 0.25) is 0 Å². The summed E-state index contributed by atoms with van der Waals surface area (Å²) in [6.45, 7) is 5.64. The average Bonchev–Trinajstić information content (AvgIpc) is 2.87. The highest BCUT2D eigenvalue weighted by molar-refractivity contribution is 6.33. The molecule has 134 valence electrons. The largest absolute Gasteiger partial charge is 0.383 e. The van der Waals surface area contributed by atoms with Crippen molar-refractivity contribution >= 4 is 40.5 Å². The van der Waals surface area contributed by atoms with E-state index in [0.717, 1.165) is 18.8 Å². The lowest BCUT2D eigenvalue weighted by atomic mass is 10.2. The van der Waals surface area contributed by atoms with Crippen molar-refractivity contribution in [3.63, 3.8) is 0 Å². The number of nitrogens with one attached hydrogen (secondary N) is 2. The van der Waals surface area contributed by atoms with Gasteiger partial charge < -0.3 is 26.4 Å². The molecular formula is C16H21ClN6O2. The van der Waals surface area contributed by atoms with Crippen molar-refractivity contribution in [3.05, 3.63) is 28.8 Å². The maximum Gasteiger partial charge on any atom is 0.256 e. The lowest BCUT2D eigenvalue weighted by Gasteiger charge is -2.37. The number of morpholine rings is 1. The van der Waals surface area contributed by atoms with Gasteiger partial charge in [-0.15, -0.1) is 0 Å². The van der Waals surface area contributed by atoms with Crippen molar-refractivity contribution in [3.8, 4) is 0 Å². The molecule has 1 aromatic heterocycles. The normalized spacial score (nSPS) is 20.5. The molecule has 0 radical (unpaired) electrons. The molecular weight excluding hydrogens is 344 g/mol. The minimum atomic E-state index is -0.659. The molecule has 2 heterocycles. The van der Waals surface area contributed by atoms with Crippen LogP contribution in [0.4, 0.5) is 23.0 Å². The molecule has 1 saturated heterocycles. The van der Waals surface area contributed by atoms with Crippen molar-refractivity contribution in [2.45, 2.75) is 26.1 Å². The number of anilines is 4. The number of ether oxygens (including phenoxy) is 1. The minimum absolute atomic E-state index is 0.119. The Labute approximate surface area is 150 Å². The van der Waals surface area contributed by atoms with Crippen LogP contribution in [-0.2, 0) is 4.74 Å². The zero-order valence-electron chi connectivity index (χ0n) is 14.0. The van der Waals surface area contributed by atoms with Crippen LogP contribution >= 0.6 is 11.6 Å². The smallest absolute Gasteiger partial charge is 0.256 e. The summed E-state index contributed by atoms with van der Waals surface area (Å²) in [7, 11) is 0. The van der Waals surface area contributed by atoms with Crippen LogP contribution in [0.1, 0.15) is 24.2 Å². The Bertz CT molecular complexity index is 783. The molecule has 2 aromatic rings. The number of benzene rings is 1. The van der Waals surface area contributed by atoms with Crippen molar-refractivity contribution in [1.82, 2.24) is 10.2 Å². The highest BCUT2D eigenvalue weighted by atomic mass is 35.5. The first kappa shape index (κ1) is 17.4. The van der Waals surface area contributed by atoms with Gasteiger partial charge >= 0.3 is 0 Å². The fraction of sp³-hybridized carbons (Fsp3) is 0.375. The van der Waals surface area contributed by atoms with Gasteiger partial charge in [0.1, 0.15) is 11.4 Å². The van der Waals surface area contributed by atoms with Crippen molar-refractivity contribution in [2.24, 2.45) is 5.73 Å². The summed E-state index contributed by atoms with van der Waals surface area (Å²) in [6.07, 6.45) is 0.283. The molecule has 1 aliphatic rings. The highest BCUT2D eigenvalue weighted by Crippen LogP contribution is 2.32. The lowest BCUT2D eigenvalue weighted by Crippen LogP contribution is -2.45. The second-order valence-electron chi connectivity index (χ2n) is 6.18. The number of amides is 1. The van der Waals surface area contributed by atoms with E-state index in [0.29, 0.717) is 10.7 Å². The lowest BCUT2D eigenvalue weighted by molar-refractivity contribution is -0.00520. The Morgan fingerprint density at radius 1 is 1.40 bits per heavy atom. The first-order chi connectivity index (χ1) is 11.8. The standard InChI is InChI=1S/C16H21ClN6O2/c1-8-6-23(7-9(2)25-8)12-4-3-10(5-11(12)17)20-16-13(15(19)24)14(18)21-22-16/h3-5,8-9H,6-7H2,1-2H3,(H2,19,24)(H4,18,20,21,22). The van der Waals surface area contributed by atoms with E-state index in [1.807, 2.05) is 26.0 Å². The number of carbonyl (C=O) groups is 1. The molecule has 1 aliphatic heterocycles. The van der Waals surface area contributed by atoms with E-state index < -0.39 is 5.91 Å². The fourth-order valence-electron chi connectivity index (χ4n) is 3.05. The van der Waals surface area contributed by atoms with Crippen molar-refractivity contribution in [1.29, 1.82) is 0 Å². The van der Waals surface area contributed by atoms with Gasteiger partial charge in [-0.25, -0.2) is 0 Å². The van der Waals surface area contributed by atoms with Gasteiger partial charge in [-0.05, 0) is 32.0 Å². The summed E-state index contributed by atoms with van der Waals surface area (Å²) >= 11 is 6.46. The zero-order chi connectivity index (χ0) is 18.1. The average molecular weight is 365 g/mol. The van der Waals surface area contributed by atoms with Crippen LogP contribution in [0.15, 0.2) is 18.2 Å². The van der Waals surface area contributed by atoms with E-state index in [1.165, 1.54) is 0 Å². The van der Waals surface area contributed by atoms with Gasteiger partial charge in [-0.1, -0.05) is 11.6 Å². The molecule has 3 rings (SSSR count). The molecule has 1 fully saturated rings. The number of rotatable bonds is 4. The van der Waals surface area contributed by atoms with Gasteiger partial charge in [0.25, 0.3) is 5.91 Å². The van der Waals surface area contributed by atoms with E-state index in [2.05, 4.69) is 20.4 Å².